The minimum atomic E-state index is 0.146. The average Bonchev–Trinajstić information content (AvgIpc) is 2.84. The summed E-state index contributed by atoms with van der Waals surface area (Å²) in [6.07, 6.45) is 7.38. The molecule has 5 heteroatoms. The predicted octanol–water partition coefficient (Wildman–Crippen LogP) is 4.78. The number of benzene rings is 2. The van der Waals surface area contributed by atoms with Gasteiger partial charge in [0.1, 0.15) is 0 Å². The summed E-state index contributed by atoms with van der Waals surface area (Å²) < 4.78 is 0. The summed E-state index contributed by atoms with van der Waals surface area (Å²) in [6.45, 7) is 2.40. The van der Waals surface area contributed by atoms with Gasteiger partial charge in [-0.2, -0.15) is 5.10 Å². The van der Waals surface area contributed by atoms with E-state index in [0.29, 0.717) is 17.8 Å². The molecule has 1 aliphatic heterocycles. The fraction of sp³-hybridized carbons (Fsp3) is 0.462. The van der Waals surface area contributed by atoms with E-state index in [1.165, 1.54) is 62.0 Å². The van der Waals surface area contributed by atoms with Crippen LogP contribution in [-0.4, -0.2) is 34.4 Å². The number of nitrogens with one attached hydrogen (secondary N) is 1. The Morgan fingerprint density at radius 2 is 1.45 bits per heavy atom. The Balaban J connectivity index is 1.63. The summed E-state index contributed by atoms with van der Waals surface area (Å²) in [7, 11) is 0. The van der Waals surface area contributed by atoms with Crippen LogP contribution in [0.2, 0.25) is 0 Å². The maximum atomic E-state index is 5.78. The summed E-state index contributed by atoms with van der Waals surface area (Å²) in [4.78, 5) is 2.80. The lowest BCUT2D eigenvalue weighted by Crippen LogP contribution is -2.62. The molecule has 0 amide bonds. The predicted molar refractivity (Wildman–Crippen MR) is 131 cm³/mol. The van der Waals surface area contributed by atoms with E-state index in [4.69, 9.17) is 23.1 Å². The van der Waals surface area contributed by atoms with Gasteiger partial charge in [0.25, 0.3) is 0 Å². The number of hydrogen-bond acceptors (Lipinski definition) is 3. The van der Waals surface area contributed by atoms with Crippen LogP contribution in [0, 0.1) is 5.92 Å². The molecule has 2 aromatic rings. The highest BCUT2D eigenvalue weighted by atomic mass is 32.1. The van der Waals surface area contributed by atoms with Crippen molar-refractivity contribution in [3.8, 4) is 0 Å². The van der Waals surface area contributed by atoms with Crippen molar-refractivity contribution < 1.29 is 0 Å². The highest BCUT2D eigenvalue weighted by Gasteiger charge is 2.56. The van der Waals surface area contributed by atoms with E-state index in [2.05, 4.69) is 71.0 Å². The standard InChI is InChI=1S/C26H32N4S/c27-25(31)29-28-23-18-26(30-14-8-3-9-15-30)16-21(19-10-4-1-5-11-19)24(23)22(17-26)20-12-6-2-7-13-20/h1-2,4-7,10-13,21-22,24H,3,8-9,14-18H2,(H3,27,29,31)/b28-23+/t21-,22-,24?,26?/m0/s1. The minimum Gasteiger partial charge on any atom is -0.375 e. The molecule has 0 aromatic heterocycles. The molecular formula is C26H32N4S. The molecule has 1 heterocycles. The van der Waals surface area contributed by atoms with Crippen molar-refractivity contribution in [2.24, 2.45) is 16.8 Å². The molecule has 3 saturated carbocycles. The highest BCUT2D eigenvalue weighted by Crippen LogP contribution is 2.58. The molecule has 4 aliphatic rings. The molecule has 3 aliphatic carbocycles. The lowest BCUT2D eigenvalue weighted by Gasteiger charge is -2.60. The van der Waals surface area contributed by atoms with E-state index in [1.54, 1.807) is 0 Å². The molecule has 1 saturated heterocycles. The first-order valence-electron chi connectivity index (χ1n) is 11.6. The second-order valence-corrected chi connectivity index (χ2v) is 9.94. The van der Waals surface area contributed by atoms with Crippen molar-refractivity contribution in [3.63, 3.8) is 0 Å². The van der Waals surface area contributed by atoms with Crippen LogP contribution in [0.4, 0.5) is 0 Å². The van der Waals surface area contributed by atoms with Gasteiger partial charge in [-0.05, 0) is 74.0 Å². The molecule has 3 N–H and O–H groups in total. The Hall–Kier alpha value is -2.24. The number of hydrazone groups is 1. The Bertz CT molecular complexity index is 887. The van der Waals surface area contributed by atoms with E-state index in [0.717, 1.165) is 6.42 Å². The number of nitrogens with two attached hydrogens (primary N) is 1. The molecule has 4 fully saturated rings. The number of rotatable bonds is 4. The fourth-order valence-electron chi connectivity index (χ4n) is 6.53. The molecule has 2 atom stereocenters. The third-order valence-corrected chi connectivity index (χ3v) is 7.85. The van der Waals surface area contributed by atoms with Gasteiger partial charge in [0.15, 0.2) is 5.11 Å². The highest BCUT2D eigenvalue weighted by molar-refractivity contribution is 7.80. The number of likely N-dealkylation sites (tertiary alicyclic amines) is 1. The number of piperidine rings is 1. The van der Waals surface area contributed by atoms with E-state index < -0.39 is 0 Å². The summed E-state index contributed by atoms with van der Waals surface area (Å²) >= 11 is 5.10. The summed E-state index contributed by atoms with van der Waals surface area (Å²) in [5.74, 6) is 1.25. The van der Waals surface area contributed by atoms with Crippen LogP contribution in [0.15, 0.2) is 65.8 Å². The summed E-state index contributed by atoms with van der Waals surface area (Å²) in [6, 6.07) is 22.1. The zero-order chi connectivity index (χ0) is 21.3. The van der Waals surface area contributed by atoms with Gasteiger partial charge in [-0.3, -0.25) is 10.3 Å². The quantitative estimate of drug-likeness (QED) is 0.539. The van der Waals surface area contributed by atoms with E-state index in [1.807, 2.05) is 0 Å². The van der Waals surface area contributed by atoms with E-state index >= 15 is 0 Å². The van der Waals surface area contributed by atoms with Gasteiger partial charge in [-0.15, -0.1) is 0 Å². The summed E-state index contributed by atoms with van der Waals surface area (Å²) in [5.41, 5.74) is 13.0. The molecule has 0 unspecified atom stereocenters. The van der Waals surface area contributed by atoms with Gasteiger partial charge in [-0.1, -0.05) is 67.1 Å². The SMILES string of the molecule is NC(=S)N/N=C1\CC2(N3CCCCC3)C[C@@H](c3ccccc3)C1[C@H](c1ccccc1)C2. The fourth-order valence-corrected chi connectivity index (χ4v) is 6.58. The van der Waals surface area contributed by atoms with Gasteiger partial charge in [-0.25, -0.2) is 0 Å². The van der Waals surface area contributed by atoms with Crippen LogP contribution in [0.3, 0.4) is 0 Å². The normalized spacial score (nSPS) is 32.1. The third kappa shape index (κ3) is 4.01. The lowest BCUT2D eigenvalue weighted by atomic mass is 9.52. The zero-order valence-electron chi connectivity index (χ0n) is 18.0. The van der Waals surface area contributed by atoms with Crippen molar-refractivity contribution in [1.29, 1.82) is 0 Å². The first kappa shape index (κ1) is 20.7. The minimum absolute atomic E-state index is 0.146. The van der Waals surface area contributed by atoms with Crippen molar-refractivity contribution in [2.45, 2.75) is 55.9 Å². The molecule has 31 heavy (non-hydrogen) atoms. The molecule has 2 bridgehead atoms. The van der Waals surface area contributed by atoms with Gasteiger partial charge in [0, 0.05) is 23.6 Å². The monoisotopic (exact) mass is 432 g/mol. The topological polar surface area (TPSA) is 53.6 Å². The second kappa shape index (κ2) is 8.71. The Morgan fingerprint density at radius 1 is 0.903 bits per heavy atom. The van der Waals surface area contributed by atoms with Crippen LogP contribution in [0.25, 0.3) is 0 Å². The molecule has 0 spiro atoms. The Morgan fingerprint density at radius 3 is 1.97 bits per heavy atom. The van der Waals surface area contributed by atoms with Crippen molar-refractivity contribution in [2.75, 3.05) is 13.1 Å². The lowest BCUT2D eigenvalue weighted by molar-refractivity contribution is -0.000649. The first-order chi connectivity index (χ1) is 15.2. The Labute approximate surface area is 190 Å². The van der Waals surface area contributed by atoms with Crippen LogP contribution < -0.4 is 11.2 Å². The number of fused-ring (bicyclic) bond motifs is 3. The molecular weight excluding hydrogens is 400 g/mol. The molecule has 2 aromatic carbocycles. The molecule has 0 radical (unpaired) electrons. The molecule has 4 nitrogen and oxygen atoms in total. The maximum Gasteiger partial charge on any atom is 0.184 e. The van der Waals surface area contributed by atoms with Crippen molar-refractivity contribution in [3.05, 3.63) is 71.8 Å². The van der Waals surface area contributed by atoms with Crippen LogP contribution in [0.1, 0.15) is 61.5 Å². The van der Waals surface area contributed by atoms with Crippen LogP contribution in [-0.2, 0) is 0 Å². The first-order valence-corrected chi connectivity index (χ1v) is 12.0. The number of nitrogens with zero attached hydrogens (tertiary/aromatic N) is 2. The van der Waals surface area contributed by atoms with Crippen LogP contribution in [0.5, 0.6) is 0 Å². The number of thiocarbonyl (C=S) groups is 1. The van der Waals surface area contributed by atoms with Gasteiger partial charge in [0.2, 0.25) is 0 Å². The average molecular weight is 433 g/mol. The number of hydrogen-bond donors (Lipinski definition) is 2. The Kier molecular flexibility index (Phi) is 5.81. The van der Waals surface area contributed by atoms with Crippen molar-refractivity contribution in [1.82, 2.24) is 10.3 Å². The maximum absolute atomic E-state index is 5.78. The van der Waals surface area contributed by atoms with E-state index in [-0.39, 0.29) is 10.7 Å². The molecule has 6 rings (SSSR count). The van der Waals surface area contributed by atoms with Crippen LogP contribution >= 0.6 is 12.2 Å². The van der Waals surface area contributed by atoms with E-state index in [9.17, 15) is 0 Å². The van der Waals surface area contributed by atoms with Gasteiger partial charge >= 0.3 is 0 Å². The molecule has 162 valence electrons. The van der Waals surface area contributed by atoms with Gasteiger partial charge in [0.05, 0.1) is 0 Å². The smallest absolute Gasteiger partial charge is 0.184 e. The van der Waals surface area contributed by atoms with Gasteiger partial charge < -0.3 is 5.73 Å². The summed E-state index contributed by atoms with van der Waals surface area (Å²) in [5, 5.41) is 5.07. The van der Waals surface area contributed by atoms with Crippen molar-refractivity contribution >= 4 is 23.0 Å². The zero-order valence-corrected chi connectivity index (χ0v) is 18.9. The second-order valence-electron chi connectivity index (χ2n) is 9.50. The largest absolute Gasteiger partial charge is 0.375 e. The third-order valence-electron chi connectivity index (χ3n) is 7.75.